The summed E-state index contributed by atoms with van der Waals surface area (Å²) < 4.78 is 35.4. The van der Waals surface area contributed by atoms with E-state index in [9.17, 15) is 12.8 Å². The molecule has 1 heterocycles. The molecule has 3 nitrogen and oxygen atoms in total. The number of hydrogen-bond donors (Lipinski definition) is 1. The molecule has 0 radical (unpaired) electrons. The molecule has 1 N–H and O–H groups in total. The van der Waals surface area contributed by atoms with Crippen molar-refractivity contribution < 1.29 is 17.9 Å². The summed E-state index contributed by atoms with van der Waals surface area (Å²) in [5, 5.41) is 7.90. The van der Waals surface area contributed by atoms with Crippen LogP contribution in [0.3, 0.4) is 0 Å². The van der Waals surface area contributed by atoms with Crippen LogP contribution in [0.25, 0.3) is 0 Å². The molecular weight excluding hydrogens is 183 g/mol. The van der Waals surface area contributed by atoms with Crippen LogP contribution in [0.1, 0.15) is 19.8 Å². The fourth-order valence-electron chi connectivity index (χ4n) is 1.48. The third-order valence-corrected chi connectivity index (χ3v) is 4.47. The Morgan fingerprint density at radius 3 is 2.50 bits per heavy atom. The SMILES string of the molecule is CC(O)C(F)C1CCCS1(=O)=O. The molecule has 5 heteroatoms. The maximum atomic E-state index is 13.1. The summed E-state index contributed by atoms with van der Waals surface area (Å²) in [6.07, 6.45) is -1.96. The minimum atomic E-state index is -3.27. The van der Waals surface area contributed by atoms with Crippen LogP contribution in [0.4, 0.5) is 4.39 Å². The number of halogens is 1. The Morgan fingerprint density at radius 1 is 1.58 bits per heavy atom. The molecule has 0 aromatic rings. The third-order valence-electron chi connectivity index (χ3n) is 2.19. The summed E-state index contributed by atoms with van der Waals surface area (Å²) in [5.74, 6) is 0.0603. The summed E-state index contributed by atoms with van der Waals surface area (Å²) in [6.45, 7) is 1.28. The topological polar surface area (TPSA) is 54.4 Å². The van der Waals surface area contributed by atoms with Gasteiger partial charge in [-0.3, -0.25) is 0 Å². The van der Waals surface area contributed by atoms with Crippen molar-refractivity contribution >= 4 is 9.84 Å². The van der Waals surface area contributed by atoms with Crippen molar-refractivity contribution in [3.8, 4) is 0 Å². The van der Waals surface area contributed by atoms with Crippen LogP contribution in [-0.2, 0) is 9.84 Å². The molecule has 0 spiro atoms. The Bertz CT molecular complexity index is 247. The first kappa shape index (κ1) is 9.92. The van der Waals surface area contributed by atoms with E-state index in [1.165, 1.54) is 6.92 Å². The van der Waals surface area contributed by atoms with Crippen LogP contribution in [-0.4, -0.2) is 36.8 Å². The molecule has 0 saturated carbocycles. The predicted molar refractivity (Wildman–Crippen MR) is 43.4 cm³/mol. The predicted octanol–water partition coefficient (Wildman–Crippen LogP) is 0.283. The Kier molecular flexibility index (Phi) is 2.73. The van der Waals surface area contributed by atoms with E-state index in [1.54, 1.807) is 0 Å². The minimum Gasteiger partial charge on any atom is -0.390 e. The molecule has 12 heavy (non-hydrogen) atoms. The Balaban J connectivity index is 2.76. The van der Waals surface area contributed by atoms with Crippen LogP contribution in [0.15, 0.2) is 0 Å². The zero-order valence-corrected chi connectivity index (χ0v) is 7.72. The van der Waals surface area contributed by atoms with Gasteiger partial charge in [0.15, 0.2) is 9.84 Å². The van der Waals surface area contributed by atoms with E-state index in [4.69, 9.17) is 5.11 Å². The molecule has 0 bridgehead atoms. The Labute approximate surface area is 71.5 Å². The maximum Gasteiger partial charge on any atom is 0.156 e. The molecule has 3 atom stereocenters. The van der Waals surface area contributed by atoms with E-state index in [-0.39, 0.29) is 5.75 Å². The first-order valence-corrected chi connectivity index (χ1v) is 5.70. The van der Waals surface area contributed by atoms with Gasteiger partial charge in [0.1, 0.15) is 6.17 Å². The van der Waals surface area contributed by atoms with Gasteiger partial charge in [0.2, 0.25) is 0 Å². The molecule has 1 aliphatic rings. The van der Waals surface area contributed by atoms with Crippen LogP contribution >= 0.6 is 0 Å². The highest BCUT2D eigenvalue weighted by molar-refractivity contribution is 7.92. The molecule has 0 aliphatic carbocycles. The lowest BCUT2D eigenvalue weighted by molar-refractivity contribution is 0.0896. The maximum absolute atomic E-state index is 13.1. The van der Waals surface area contributed by atoms with E-state index < -0.39 is 27.4 Å². The second-order valence-corrected chi connectivity index (χ2v) is 5.57. The highest BCUT2D eigenvalue weighted by Gasteiger charge is 2.39. The molecule has 0 aromatic heterocycles. The summed E-state index contributed by atoms with van der Waals surface area (Å²) in [5.41, 5.74) is 0. The summed E-state index contributed by atoms with van der Waals surface area (Å²) >= 11 is 0. The van der Waals surface area contributed by atoms with Crippen LogP contribution in [0, 0.1) is 0 Å². The van der Waals surface area contributed by atoms with Gasteiger partial charge in [-0.25, -0.2) is 12.8 Å². The standard InChI is InChI=1S/C7H13FO3S/c1-5(9)7(8)6-3-2-4-12(6,10)11/h5-7,9H,2-4H2,1H3. The lowest BCUT2D eigenvalue weighted by atomic mass is 10.1. The van der Waals surface area contributed by atoms with Crippen molar-refractivity contribution in [2.45, 2.75) is 37.3 Å². The van der Waals surface area contributed by atoms with Gasteiger partial charge in [-0.05, 0) is 19.8 Å². The average Bonchev–Trinajstić information content (AvgIpc) is 2.27. The lowest BCUT2D eigenvalue weighted by Gasteiger charge is -2.16. The number of alkyl halides is 1. The van der Waals surface area contributed by atoms with Crippen molar-refractivity contribution in [1.29, 1.82) is 0 Å². The molecule has 1 fully saturated rings. The molecule has 3 unspecified atom stereocenters. The summed E-state index contributed by atoms with van der Waals surface area (Å²) in [4.78, 5) is 0. The first-order valence-electron chi connectivity index (χ1n) is 3.99. The van der Waals surface area contributed by atoms with Crippen molar-refractivity contribution in [3.05, 3.63) is 0 Å². The molecule has 1 saturated heterocycles. The molecule has 0 amide bonds. The largest absolute Gasteiger partial charge is 0.390 e. The van der Waals surface area contributed by atoms with Crippen molar-refractivity contribution in [1.82, 2.24) is 0 Å². The van der Waals surface area contributed by atoms with Gasteiger partial charge in [-0.1, -0.05) is 0 Å². The fraction of sp³-hybridized carbons (Fsp3) is 1.00. The molecule has 72 valence electrons. The van der Waals surface area contributed by atoms with Gasteiger partial charge in [0.05, 0.1) is 17.1 Å². The second kappa shape index (κ2) is 3.30. The quantitative estimate of drug-likeness (QED) is 0.690. The number of sulfone groups is 1. The highest BCUT2D eigenvalue weighted by Crippen LogP contribution is 2.26. The molecule has 0 aromatic carbocycles. The van der Waals surface area contributed by atoms with Gasteiger partial charge in [-0.15, -0.1) is 0 Å². The van der Waals surface area contributed by atoms with Gasteiger partial charge in [-0.2, -0.15) is 0 Å². The number of aliphatic hydroxyl groups is 1. The number of aliphatic hydroxyl groups excluding tert-OH is 1. The Morgan fingerprint density at radius 2 is 2.17 bits per heavy atom. The monoisotopic (exact) mass is 196 g/mol. The zero-order valence-electron chi connectivity index (χ0n) is 6.90. The third kappa shape index (κ3) is 1.77. The van der Waals surface area contributed by atoms with Crippen LogP contribution in [0.5, 0.6) is 0 Å². The van der Waals surface area contributed by atoms with E-state index in [0.29, 0.717) is 12.8 Å². The fourth-order valence-corrected chi connectivity index (χ4v) is 3.51. The highest BCUT2D eigenvalue weighted by atomic mass is 32.2. The van der Waals surface area contributed by atoms with E-state index >= 15 is 0 Å². The molecule has 1 rings (SSSR count). The van der Waals surface area contributed by atoms with Crippen LogP contribution in [0.2, 0.25) is 0 Å². The van der Waals surface area contributed by atoms with E-state index in [1.807, 2.05) is 0 Å². The van der Waals surface area contributed by atoms with Crippen molar-refractivity contribution in [2.75, 3.05) is 5.75 Å². The van der Waals surface area contributed by atoms with E-state index in [0.717, 1.165) is 0 Å². The zero-order chi connectivity index (χ0) is 9.35. The smallest absolute Gasteiger partial charge is 0.156 e. The van der Waals surface area contributed by atoms with Gasteiger partial charge in [0.25, 0.3) is 0 Å². The second-order valence-electron chi connectivity index (χ2n) is 3.23. The van der Waals surface area contributed by atoms with Gasteiger partial charge in [0, 0.05) is 0 Å². The number of rotatable bonds is 2. The van der Waals surface area contributed by atoms with Gasteiger partial charge >= 0.3 is 0 Å². The number of hydrogen-bond acceptors (Lipinski definition) is 3. The van der Waals surface area contributed by atoms with Gasteiger partial charge < -0.3 is 5.11 Å². The molecular formula is C7H13FO3S. The van der Waals surface area contributed by atoms with Crippen molar-refractivity contribution in [2.24, 2.45) is 0 Å². The van der Waals surface area contributed by atoms with Crippen LogP contribution < -0.4 is 0 Å². The average molecular weight is 196 g/mol. The Hall–Kier alpha value is -0.160. The first-order chi connectivity index (χ1) is 5.45. The summed E-state index contributed by atoms with van der Waals surface area (Å²) in [7, 11) is -3.27. The van der Waals surface area contributed by atoms with E-state index in [2.05, 4.69) is 0 Å². The minimum absolute atomic E-state index is 0.0603. The normalized spacial score (nSPS) is 33.1. The molecule has 1 aliphatic heterocycles. The van der Waals surface area contributed by atoms with Crippen molar-refractivity contribution in [3.63, 3.8) is 0 Å². The summed E-state index contributed by atoms with van der Waals surface area (Å²) in [6, 6.07) is 0. The lowest BCUT2D eigenvalue weighted by Crippen LogP contribution is -2.35.